The van der Waals surface area contributed by atoms with E-state index in [9.17, 15) is 8.42 Å². The van der Waals surface area contributed by atoms with Gasteiger partial charge in [0.05, 0.1) is 4.90 Å². The first-order valence-corrected chi connectivity index (χ1v) is 7.19. The summed E-state index contributed by atoms with van der Waals surface area (Å²) in [5, 5.41) is 0. The summed E-state index contributed by atoms with van der Waals surface area (Å²) in [6.07, 6.45) is 0.785. The number of hydrogen-bond acceptors (Lipinski definition) is 3. The number of nitrogens with two attached hydrogens (primary N) is 1. The lowest BCUT2D eigenvalue weighted by atomic mass is 10.1. The van der Waals surface area contributed by atoms with Crippen molar-refractivity contribution in [3.8, 4) is 0 Å². The molecule has 0 aliphatic carbocycles. The second-order valence-corrected chi connectivity index (χ2v) is 6.05. The summed E-state index contributed by atoms with van der Waals surface area (Å²) in [6, 6.07) is 6.75. The van der Waals surface area contributed by atoms with E-state index in [1.165, 1.54) is 4.31 Å². The van der Waals surface area contributed by atoms with Crippen LogP contribution in [0.5, 0.6) is 0 Å². The molecule has 1 aromatic carbocycles. The molecule has 0 aliphatic rings. The minimum Gasteiger partial charge on any atom is -0.324 e. The van der Waals surface area contributed by atoms with Crippen molar-refractivity contribution >= 4 is 10.0 Å². The molecule has 2 N–H and O–H groups in total. The molecule has 0 heterocycles. The van der Waals surface area contributed by atoms with Gasteiger partial charge >= 0.3 is 0 Å². The van der Waals surface area contributed by atoms with E-state index in [0.717, 1.165) is 12.0 Å². The standard InChI is InChI=1S/C12H20N2O2S/c1-4-12(13)10-7-6-8-11(9-10)17(15,16)14(3)5-2/h6-9,12H,4-5,13H2,1-3H3. The fourth-order valence-electron chi connectivity index (χ4n) is 1.49. The molecular weight excluding hydrogens is 236 g/mol. The Kier molecular flexibility index (Phi) is 4.68. The second-order valence-electron chi connectivity index (χ2n) is 4.01. The van der Waals surface area contributed by atoms with Crippen LogP contribution in [0.3, 0.4) is 0 Å². The van der Waals surface area contributed by atoms with Gasteiger partial charge in [0.15, 0.2) is 0 Å². The Morgan fingerprint density at radius 3 is 2.53 bits per heavy atom. The summed E-state index contributed by atoms with van der Waals surface area (Å²) >= 11 is 0. The quantitative estimate of drug-likeness (QED) is 0.872. The molecule has 0 bridgehead atoms. The average Bonchev–Trinajstić information content (AvgIpc) is 2.36. The zero-order chi connectivity index (χ0) is 13.1. The third kappa shape index (κ3) is 3.06. The topological polar surface area (TPSA) is 63.4 Å². The number of hydrogen-bond donors (Lipinski definition) is 1. The maximum absolute atomic E-state index is 12.1. The molecule has 0 fully saturated rings. The van der Waals surface area contributed by atoms with Crippen molar-refractivity contribution in [1.82, 2.24) is 4.31 Å². The Morgan fingerprint density at radius 2 is 2.00 bits per heavy atom. The van der Waals surface area contributed by atoms with Gasteiger partial charge in [-0.3, -0.25) is 0 Å². The monoisotopic (exact) mass is 256 g/mol. The van der Waals surface area contributed by atoms with Gasteiger partial charge in [-0.1, -0.05) is 26.0 Å². The number of nitrogens with zero attached hydrogens (tertiary/aromatic N) is 1. The zero-order valence-corrected chi connectivity index (χ0v) is 11.4. The molecule has 1 unspecified atom stereocenters. The van der Waals surface area contributed by atoms with E-state index in [4.69, 9.17) is 5.73 Å². The maximum Gasteiger partial charge on any atom is 0.242 e. The van der Waals surface area contributed by atoms with Crippen LogP contribution >= 0.6 is 0 Å². The molecular formula is C12H20N2O2S. The third-order valence-electron chi connectivity index (χ3n) is 2.88. The van der Waals surface area contributed by atoms with Gasteiger partial charge in [0.25, 0.3) is 0 Å². The third-order valence-corrected chi connectivity index (χ3v) is 4.81. The molecule has 1 aromatic rings. The van der Waals surface area contributed by atoms with Crippen molar-refractivity contribution in [3.05, 3.63) is 29.8 Å². The lowest BCUT2D eigenvalue weighted by Gasteiger charge is -2.16. The Balaban J connectivity index is 3.16. The second kappa shape index (κ2) is 5.62. The van der Waals surface area contributed by atoms with Crippen molar-refractivity contribution in [1.29, 1.82) is 0 Å². The average molecular weight is 256 g/mol. The van der Waals surface area contributed by atoms with Crippen LogP contribution in [-0.2, 0) is 10.0 Å². The first-order chi connectivity index (χ1) is 7.93. The SMILES string of the molecule is CCC(N)c1cccc(S(=O)(=O)N(C)CC)c1. The van der Waals surface area contributed by atoms with Crippen LogP contribution in [0.1, 0.15) is 31.9 Å². The summed E-state index contributed by atoms with van der Waals surface area (Å²) in [7, 11) is -1.80. The van der Waals surface area contributed by atoms with Crippen LogP contribution in [0, 0.1) is 0 Å². The van der Waals surface area contributed by atoms with E-state index in [0.29, 0.717) is 11.4 Å². The van der Waals surface area contributed by atoms with Gasteiger partial charge < -0.3 is 5.73 Å². The number of rotatable bonds is 5. The molecule has 0 radical (unpaired) electrons. The van der Waals surface area contributed by atoms with E-state index >= 15 is 0 Å². The van der Waals surface area contributed by atoms with Crippen LogP contribution in [0.15, 0.2) is 29.2 Å². The molecule has 0 saturated carbocycles. The Morgan fingerprint density at radius 1 is 1.35 bits per heavy atom. The molecule has 17 heavy (non-hydrogen) atoms. The van der Waals surface area contributed by atoms with Crippen molar-refractivity contribution in [2.75, 3.05) is 13.6 Å². The van der Waals surface area contributed by atoms with Gasteiger partial charge in [-0.2, -0.15) is 0 Å². The van der Waals surface area contributed by atoms with Crippen LogP contribution < -0.4 is 5.73 Å². The molecule has 0 aliphatic heterocycles. The summed E-state index contributed by atoms with van der Waals surface area (Å²) in [5.74, 6) is 0. The predicted molar refractivity (Wildman–Crippen MR) is 69.2 cm³/mol. The van der Waals surface area contributed by atoms with Crippen LogP contribution in [0.2, 0.25) is 0 Å². The van der Waals surface area contributed by atoms with Crippen LogP contribution in [0.4, 0.5) is 0 Å². The van der Waals surface area contributed by atoms with Gasteiger partial charge in [-0.15, -0.1) is 0 Å². The largest absolute Gasteiger partial charge is 0.324 e. The smallest absolute Gasteiger partial charge is 0.242 e. The van der Waals surface area contributed by atoms with Gasteiger partial charge in [-0.25, -0.2) is 12.7 Å². The highest BCUT2D eigenvalue weighted by atomic mass is 32.2. The molecule has 1 rings (SSSR count). The van der Waals surface area contributed by atoms with Gasteiger partial charge in [0.2, 0.25) is 10.0 Å². The van der Waals surface area contributed by atoms with E-state index in [-0.39, 0.29) is 6.04 Å². The highest BCUT2D eigenvalue weighted by Crippen LogP contribution is 2.20. The first kappa shape index (κ1) is 14.2. The van der Waals surface area contributed by atoms with Gasteiger partial charge in [0, 0.05) is 19.6 Å². The van der Waals surface area contributed by atoms with E-state index < -0.39 is 10.0 Å². The molecule has 0 aromatic heterocycles. The van der Waals surface area contributed by atoms with Crippen molar-refractivity contribution in [3.63, 3.8) is 0 Å². The summed E-state index contributed by atoms with van der Waals surface area (Å²) in [5.41, 5.74) is 6.77. The van der Waals surface area contributed by atoms with Crippen molar-refractivity contribution < 1.29 is 8.42 Å². The fraction of sp³-hybridized carbons (Fsp3) is 0.500. The van der Waals surface area contributed by atoms with E-state index in [1.807, 2.05) is 13.0 Å². The van der Waals surface area contributed by atoms with Gasteiger partial charge in [-0.05, 0) is 24.1 Å². The fourth-order valence-corrected chi connectivity index (χ4v) is 2.73. The normalized spacial score (nSPS) is 13.9. The van der Waals surface area contributed by atoms with E-state index in [1.54, 1.807) is 32.2 Å². The first-order valence-electron chi connectivity index (χ1n) is 5.75. The molecule has 96 valence electrons. The number of benzene rings is 1. The zero-order valence-electron chi connectivity index (χ0n) is 10.6. The molecule has 0 saturated heterocycles. The highest BCUT2D eigenvalue weighted by molar-refractivity contribution is 7.89. The molecule has 0 spiro atoms. The van der Waals surface area contributed by atoms with Crippen molar-refractivity contribution in [2.24, 2.45) is 5.73 Å². The molecule has 0 amide bonds. The summed E-state index contributed by atoms with van der Waals surface area (Å²) in [6.45, 7) is 4.23. The summed E-state index contributed by atoms with van der Waals surface area (Å²) in [4.78, 5) is 0.309. The Labute approximate surface area is 103 Å². The minimum absolute atomic E-state index is 0.114. The highest BCUT2D eigenvalue weighted by Gasteiger charge is 2.19. The minimum atomic E-state index is -3.38. The van der Waals surface area contributed by atoms with Gasteiger partial charge in [0.1, 0.15) is 0 Å². The van der Waals surface area contributed by atoms with Crippen molar-refractivity contribution in [2.45, 2.75) is 31.2 Å². The van der Waals surface area contributed by atoms with E-state index in [2.05, 4.69) is 0 Å². The van der Waals surface area contributed by atoms with Crippen LogP contribution in [0.25, 0.3) is 0 Å². The van der Waals surface area contributed by atoms with Crippen LogP contribution in [-0.4, -0.2) is 26.3 Å². The summed E-state index contributed by atoms with van der Waals surface area (Å²) < 4.78 is 25.5. The molecule has 1 atom stereocenters. The molecule has 5 heteroatoms. The molecule has 4 nitrogen and oxygen atoms in total. The maximum atomic E-state index is 12.1. The lowest BCUT2D eigenvalue weighted by molar-refractivity contribution is 0.486. The Hall–Kier alpha value is -0.910. The Bertz CT molecular complexity index is 471. The number of sulfonamides is 1. The lowest BCUT2D eigenvalue weighted by Crippen LogP contribution is -2.26. The predicted octanol–water partition coefficient (Wildman–Crippen LogP) is 1.74.